The molecule has 142 valence electrons. The van der Waals surface area contributed by atoms with Gasteiger partial charge in [0.2, 0.25) is 0 Å². The first-order valence-corrected chi connectivity index (χ1v) is 10.9. The summed E-state index contributed by atoms with van der Waals surface area (Å²) in [6, 6.07) is 0. The van der Waals surface area contributed by atoms with E-state index in [9.17, 15) is 13.5 Å². The summed E-state index contributed by atoms with van der Waals surface area (Å²) in [6.45, 7) is 2.53. The molecule has 0 aliphatic carbocycles. The number of rotatable bonds is 16. The summed E-state index contributed by atoms with van der Waals surface area (Å²) in [5, 5.41) is 11.4. The van der Waals surface area contributed by atoms with Crippen molar-refractivity contribution < 1.29 is 47.6 Å². The molecular formula is C18H34NNaO4S. The molecule has 0 bridgehead atoms. The maximum Gasteiger partial charge on any atom is 1.00 e. The predicted molar refractivity (Wildman–Crippen MR) is 98.9 cm³/mol. The van der Waals surface area contributed by atoms with Crippen LogP contribution in [0.3, 0.4) is 0 Å². The summed E-state index contributed by atoms with van der Waals surface area (Å²) >= 11 is 0. The second kappa shape index (κ2) is 18.9. The molecule has 0 saturated heterocycles. The molecule has 0 atom stereocenters. The van der Waals surface area contributed by atoms with Gasteiger partial charge in [-0.3, -0.25) is 4.55 Å². The fourth-order valence-electron chi connectivity index (χ4n) is 2.40. The monoisotopic (exact) mass is 383 g/mol. The molecule has 0 aromatic rings. The first-order chi connectivity index (χ1) is 11.5. The van der Waals surface area contributed by atoms with E-state index in [0.29, 0.717) is 19.4 Å². The Hall–Kier alpha value is 0.120. The van der Waals surface area contributed by atoms with Gasteiger partial charge in [0.1, 0.15) is 0 Å². The van der Waals surface area contributed by atoms with Gasteiger partial charge >= 0.3 is 29.6 Å². The van der Waals surface area contributed by atoms with E-state index < -0.39 is 10.1 Å². The minimum atomic E-state index is -3.90. The average Bonchev–Trinajstić information content (AvgIpc) is 2.51. The summed E-state index contributed by atoms with van der Waals surface area (Å²) in [5.74, 6) is -0.539. The zero-order valence-corrected chi connectivity index (χ0v) is 18.9. The van der Waals surface area contributed by atoms with Gasteiger partial charge in [0, 0.05) is 6.54 Å². The zero-order chi connectivity index (χ0) is 18.1. The van der Waals surface area contributed by atoms with E-state index in [1.54, 1.807) is 0 Å². The van der Waals surface area contributed by atoms with Crippen LogP contribution >= 0.6 is 0 Å². The fourth-order valence-corrected chi connectivity index (χ4v) is 2.96. The molecule has 7 heteroatoms. The largest absolute Gasteiger partial charge is 1.00 e. The molecule has 25 heavy (non-hydrogen) atoms. The van der Waals surface area contributed by atoms with E-state index >= 15 is 0 Å². The third-order valence-electron chi connectivity index (χ3n) is 3.81. The molecule has 0 spiro atoms. The van der Waals surface area contributed by atoms with Crippen LogP contribution in [0.5, 0.6) is 0 Å². The fraction of sp³-hybridized carbons (Fsp3) is 0.833. The van der Waals surface area contributed by atoms with Crippen LogP contribution in [0.2, 0.25) is 0 Å². The Morgan fingerprint density at radius 3 is 2.08 bits per heavy atom. The maximum absolute atomic E-state index is 11.4. The van der Waals surface area contributed by atoms with Gasteiger partial charge in [-0.25, -0.2) is 0 Å². The maximum atomic E-state index is 11.4. The standard InChI is InChI=1S/C18H35NO4S.Na/c1-2-3-4-5-6-7-8-9-10-11-12-15-18(20)19-16-13-14-17-24(21,22)23;/h12,15H,2-11,13-14,16-17H2,1H3,(H,19,20)(H,21,22,23);/q;+1/p-1/b15-12+;. The van der Waals surface area contributed by atoms with Crippen molar-refractivity contribution in [3.05, 3.63) is 12.2 Å². The van der Waals surface area contributed by atoms with Crippen LogP contribution < -0.4 is 34.7 Å². The molecule has 0 radical (unpaired) electrons. The van der Waals surface area contributed by atoms with Gasteiger partial charge in [0.05, 0.1) is 5.75 Å². The Morgan fingerprint density at radius 2 is 1.52 bits per heavy atom. The van der Waals surface area contributed by atoms with E-state index in [2.05, 4.69) is 11.9 Å². The second-order valence-electron chi connectivity index (χ2n) is 6.23. The molecule has 0 heterocycles. The van der Waals surface area contributed by atoms with Crippen LogP contribution in [0.25, 0.3) is 0 Å². The van der Waals surface area contributed by atoms with Crippen molar-refractivity contribution in [1.82, 2.24) is 0 Å². The molecular weight excluding hydrogens is 349 g/mol. The summed E-state index contributed by atoms with van der Waals surface area (Å²) in [6.07, 6.45) is 16.7. The van der Waals surface area contributed by atoms with Crippen LogP contribution in [0, 0.1) is 0 Å². The minimum absolute atomic E-state index is 0. The molecule has 1 N–H and O–H groups in total. The normalized spacial score (nSPS) is 12.5. The number of nitrogens with zero attached hydrogens (tertiary/aromatic N) is 1. The van der Waals surface area contributed by atoms with Crippen LogP contribution in [0.1, 0.15) is 84.0 Å². The molecule has 0 aliphatic heterocycles. The van der Waals surface area contributed by atoms with Gasteiger partial charge in [-0.2, -0.15) is 8.42 Å². The van der Waals surface area contributed by atoms with Gasteiger partial charge in [-0.15, -0.1) is 0 Å². The van der Waals surface area contributed by atoms with Crippen molar-refractivity contribution in [2.75, 3.05) is 12.3 Å². The van der Waals surface area contributed by atoms with Crippen LogP contribution in [0.15, 0.2) is 17.1 Å². The molecule has 0 amide bonds. The Bertz CT molecular complexity index is 450. The Labute approximate surface area is 176 Å². The zero-order valence-electron chi connectivity index (χ0n) is 16.1. The van der Waals surface area contributed by atoms with Crippen LogP contribution in [-0.2, 0) is 10.1 Å². The van der Waals surface area contributed by atoms with Crippen molar-refractivity contribution in [3.8, 4) is 0 Å². The molecule has 0 aliphatic rings. The van der Waals surface area contributed by atoms with Crippen LogP contribution in [0.4, 0.5) is 0 Å². The molecule has 0 aromatic heterocycles. The Balaban J connectivity index is 0. The van der Waals surface area contributed by atoms with E-state index in [4.69, 9.17) is 4.55 Å². The van der Waals surface area contributed by atoms with Crippen molar-refractivity contribution in [2.45, 2.75) is 84.0 Å². The average molecular weight is 384 g/mol. The van der Waals surface area contributed by atoms with Gasteiger partial charge < -0.3 is 10.1 Å². The van der Waals surface area contributed by atoms with E-state index in [1.165, 1.54) is 57.4 Å². The van der Waals surface area contributed by atoms with Gasteiger partial charge in [0.15, 0.2) is 0 Å². The van der Waals surface area contributed by atoms with Crippen molar-refractivity contribution in [1.29, 1.82) is 0 Å². The number of hydrogen-bond acceptors (Lipinski definition) is 4. The number of hydrogen-bond donors (Lipinski definition) is 1. The summed E-state index contributed by atoms with van der Waals surface area (Å²) in [5.41, 5.74) is 0. The van der Waals surface area contributed by atoms with E-state index in [-0.39, 0.29) is 41.2 Å². The molecule has 0 rings (SSSR count). The van der Waals surface area contributed by atoms with Crippen LogP contribution in [-0.4, -0.2) is 31.2 Å². The predicted octanol–water partition coefficient (Wildman–Crippen LogP) is 0.894. The molecule has 0 fully saturated rings. The Morgan fingerprint density at radius 1 is 0.960 bits per heavy atom. The Kier molecular flexibility index (Phi) is 20.7. The summed E-state index contributed by atoms with van der Waals surface area (Å²) in [4.78, 5) is 3.82. The molecule has 0 aromatic carbocycles. The van der Waals surface area contributed by atoms with Gasteiger partial charge in [0.25, 0.3) is 10.1 Å². The van der Waals surface area contributed by atoms with Gasteiger partial charge in [-0.05, 0) is 31.6 Å². The third kappa shape index (κ3) is 24.1. The number of aliphatic imine (C=N–C) groups is 1. The molecule has 5 nitrogen and oxygen atoms in total. The number of allylic oxidation sites excluding steroid dienone is 1. The van der Waals surface area contributed by atoms with Gasteiger partial charge in [-0.1, -0.05) is 70.4 Å². The molecule has 0 saturated carbocycles. The summed E-state index contributed by atoms with van der Waals surface area (Å²) < 4.78 is 29.6. The first kappa shape index (κ1) is 27.3. The van der Waals surface area contributed by atoms with Crippen molar-refractivity contribution in [3.63, 3.8) is 0 Å². The van der Waals surface area contributed by atoms with E-state index in [1.807, 2.05) is 6.08 Å². The summed E-state index contributed by atoms with van der Waals surface area (Å²) in [7, 11) is -3.90. The third-order valence-corrected chi connectivity index (χ3v) is 4.62. The minimum Gasteiger partial charge on any atom is -0.859 e. The van der Waals surface area contributed by atoms with Crippen molar-refractivity contribution in [2.24, 2.45) is 4.99 Å². The first-order valence-electron chi connectivity index (χ1n) is 9.29. The topological polar surface area (TPSA) is 89.8 Å². The smallest absolute Gasteiger partial charge is 0.859 e. The van der Waals surface area contributed by atoms with Crippen molar-refractivity contribution >= 4 is 16.0 Å². The SMILES string of the molecule is CCCCCCCCCCC/C=C/C([O-])=NCCCCS(=O)(=O)O.[Na+]. The quantitative estimate of drug-likeness (QED) is 0.141. The molecule has 0 unspecified atom stereocenters. The van der Waals surface area contributed by atoms with E-state index in [0.717, 1.165) is 12.8 Å². The number of unbranched alkanes of at least 4 members (excludes halogenated alkanes) is 10. The second-order valence-corrected chi connectivity index (χ2v) is 7.80.